The zero-order valence-corrected chi connectivity index (χ0v) is 85.3. The standard InChI is InChI=1S/C15H10O3.C15H12O2.C15H10O2.C15H12O.C8H8O.C7H6O.5C2H6.5CH3.HO4P.O2Se.H2O2.5Y.H2/c16-13-11-8-4-5-9-12(11)18-15(14(13)17)10-6-2-1-3-7-10;2*16-13-10-15(11-6-2-1-3-7-11)17-14-9-5-4-8-12(13)14;16-15(14-9-5-2-6-10-14)12-11-13-7-3-1-4-8-13;1-7(9)8-5-3-2-4-6-8;8-6-7-4-2-1-3-5-7;5*1-2;;;;;;1-4-5(2)3;1-3-2;1-2;;;;;;/h1-9,17H;1-9,15H,10H2;1-10H;1-12H;2-6H,1H3;1-6H;5*1-2H3;5*1H3;1H;;1-2H;;;;;;1H/q;;;;;;;;;;;5*-1;;;;;;;;;/b;;;12-11+;;;;;;;;;;;;;;;;;;;;;. The maximum Gasteiger partial charge on any atom is 0.235 e. The zero-order valence-electron chi connectivity index (χ0n) is 68.5. The second-order valence-corrected chi connectivity index (χ2v) is 20.1. The Labute approximate surface area is 815 Å². The molecule has 12 aromatic rings. The number of hydrogen-bond acceptors (Lipinski definition) is 18. The number of para-hydroxylation sites is 3. The van der Waals surface area contributed by atoms with Crippen LogP contribution in [-0.4, -0.2) is 59.3 Å². The fraction of sp³-hybridized carbons (Fsp3) is 0.144. The van der Waals surface area contributed by atoms with Crippen LogP contribution in [0, 0.1) is 37.1 Å². The van der Waals surface area contributed by atoms with Crippen molar-refractivity contribution in [2.75, 3.05) is 0 Å². The van der Waals surface area contributed by atoms with E-state index >= 15 is 0 Å². The molecular formula is C90H108O18PSeY5-5. The number of benzene rings is 10. The van der Waals surface area contributed by atoms with Gasteiger partial charge in [-0.25, -0.2) is 5.26 Å². The number of ketones is 3. The first-order valence-electron chi connectivity index (χ1n) is 33.4. The number of carbonyl (C=O) groups is 4. The molecular weight excluding hydrogens is 1920 g/mol. The van der Waals surface area contributed by atoms with Crippen molar-refractivity contribution in [3.8, 4) is 34.1 Å². The quantitative estimate of drug-likeness (QED) is 0.0153. The SMILES string of the molecule is CC.CC.CC.CC.CC.CC(=O)c1ccccc1.O=C(/C=C/c1ccccc1)c1ccccc1.O=C1CC(c2ccccc2)Oc2ccccc21.O=Cc1ccccc1.O=[P+]([O-])OO.O=[Se]=O.O=c1c(O)c(-c2ccccc2)oc2ccccc12.O=c1cc(-c2ccccc2)oc2ccccc12.OO.[CH3-].[CH3-].[CH3-].[CH3-].[CH3-].[HH].[Y].[Y].[Y].[Y].[Y]. The van der Waals surface area contributed by atoms with Gasteiger partial charge in [0.05, 0.1) is 22.8 Å². The van der Waals surface area contributed by atoms with Crippen molar-refractivity contribution < 1.29 is 240 Å². The van der Waals surface area contributed by atoms with Gasteiger partial charge in [-0.1, -0.05) is 324 Å². The number of ether oxygens (including phenoxy) is 1. The van der Waals surface area contributed by atoms with Crippen LogP contribution in [0.15, 0.2) is 316 Å². The fourth-order valence-electron chi connectivity index (χ4n) is 8.53. The topological polar surface area (TPSA) is 302 Å². The van der Waals surface area contributed by atoms with E-state index in [0.29, 0.717) is 51.0 Å². The van der Waals surface area contributed by atoms with E-state index in [2.05, 4.69) is 4.67 Å². The van der Waals surface area contributed by atoms with Crippen LogP contribution in [-0.2, 0) is 180 Å². The van der Waals surface area contributed by atoms with E-state index in [4.69, 9.17) is 46.5 Å². The molecule has 2 aromatic heterocycles. The van der Waals surface area contributed by atoms with Crippen LogP contribution in [0.2, 0.25) is 0 Å². The predicted molar refractivity (Wildman–Crippen MR) is 452 cm³/mol. The zero-order chi connectivity index (χ0) is 78.6. The van der Waals surface area contributed by atoms with Gasteiger partial charge in [-0.15, -0.1) is 0 Å². The minimum Gasteiger partial charge on any atom is -0.502 e. The summed E-state index contributed by atoms with van der Waals surface area (Å²) in [5.74, 6) is 1.46. The van der Waals surface area contributed by atoms with Gasteiger partial charge in [0.15, 0.2) is 28.5 Å². The summed E-state index contributed by atoms with van der Waals surface area (Å²) in [6.07, 6.45) is 4.53. The molecule has 10 aromatic carbocycles. The summed E-state index contributed by atoms with van der Waals surface area (Å²) in [4.78, 5) is 77.2. The van der Waals surface area contributed by atoms with Crippen molar-refractivity contribution >= 4 is 74.7 Å². The molecule has 1 aliphatic rings. The molecule has 2 atom stereocenters. The molecule has 25 heteroatoms. The number of Topliss-reactive ketones (excluding diaryl/α,β-unsaturated/α-hetero) is 2. The first-order chi connectivity index (χ1) is 51.2. The first-order valence-corrected chi connectivity index (χ1v) is 35.9. The summed E-state index contributed by atoms with van der Waals surface area (Å²) in [7, 11) is -3.04. The van der Waals surface area contributed by atoms with E-state index in [1.54, 1.807) is 67.6 Å². The molecule has 3 heterocycles. The Bertz CT molecular complexity index is 4560. The van der Waals surface area contributed by atoms with Crippen LogP contribution in [0.25, 0.3) is 50.7 Å². The largest absolute Gasteiger partial charge is 0.502 e. The summed E-state index contributed by atoms with van der Waals surface area (Å²) < 4.78 is 45.7. The smallest absolute Gasteiger partial charge is 0.235 e. The molecule has 0 saturated heterocycles. The molecule has 0 fully saturated rings. The fourth-order valence-corrected chi connectivity index (χ4v) is 8.53. The second-order valence-electron chi connectivity index (χ2n) is 19.2. The maximum absolute atomic E-state index is 12.0. The van der Waals surface area contributed by atoms with Crippen LogP contribution < -0.4 is 20.5 Å². The Hall–Kier alpha value is -5.82. The second kappa shape index (κ2) is 86.0. The number of aromatic hydroxyl groups is 1. The van der Waals surface area contributed by atoms with Crippen molar-refractivity contribution in [3.63, 3.8) is 0 Å². The third kappa shape index (κ3) is 52.7. The average Bonchev–Trinajstić information content (AvgIpc) is 0.795. The molecule has 2 unspecified atom stereocenters. The van der Waals surface area contributed by atoms with Crippen molar-refractivity contribution in [1.29, 1.82) is 0 Å². The van der Waals surface area contributed by atoms with Gasteiger partial charge in [-0.3, -0.25) is 39.3 Å². The molecule has 4 N–H and O–H groups in total. The summed E-state index contributed by atoms with van der Waals surface area (Å²) >= 11 is -1.62. The van der Waals surface area contributed by atoms with Gasteiger partial charge in [-0.2, -0.15) is 0 Å². The van der Waals surface area contributed by atoms with Crippen LogP contribution in [0.4, 0.5) is 0 Å². The number of hydrogen-bond donors (Lipinski definition) is 4. The first kappa shape index (κ1) is 133. The molecule has 18 nitrogen and oxygen atoms in total. The van der Waals surface area contributed by atoms with Gasteiger partial charge < -0.3 is 60.7 Å². The summed E-state index contributed by atoms with van der Waals surface area (Å²) in [5.41, 5.74) is 7.27. The summed E-state index contributed by atoms with van der Waals surface area (Å²) in [5, 5.41) is 30.0. The molecule has 0 spiro atoms. The number of fused-ring (bicyclic) bond motifs is 3. The third-order valence-corrected chi connectivity index (χ3v) is 13.1. The van der Waals surface area contributed by atoms with Gasteiger partial charge in [0.2, 0.25) is 11.2 Å². The Morgan fingerprint density at radius 1 is 0.496 bits per heavy atom. The molecule has 115 heavy (non-hydrogen) atoms. The Morgan fingerprint density at radius 2 is 0.843 bits per heavy atom. The molecule has 1 aliphatic heterocycles. The number of aldehydes is 1. The van der Waals surface area contributed by atoms with Gasteiger partial charge >= 0.3 is 30.7 Å². The van der Waals surface area contributed by atoms with E-state index in [1.165, 1.54) is 6.07 Å². The van der Waals surface area contributed by atoms with E-state index in [9.17, 15) is 33.9 Å². The Morgan fingerprint density at radius 3 is 1.25 bits per heavy atom. The number of allylic oxidation sites excluding steroid dienone is 1. The van der Waals surface area contributed by atoms with Gasteiger partial charge in [0.25, 0.3) is 0 Å². The summed E-state index contributed by atoms with van der Waals surface area (Å²) in [6.45, 7) is 21.6. The molecule has 0 saturated carbocycles. The van der Waals surface area contributed by atoms with Gasteiger partial charge in [0, 0.05) is 204 Å². The van der Waals surface area contributed by atoms with Crippen LogP contribution >= 0.6 is 8.25 Å². The van der Waals surface area contributed by atoms with Crippen LogP contribution in [0.1, 0.15) is 143 Å². The van der Waals surface area contributed by atoms with Crippen molar-refractivity contribution in [2.45, 2.75) is 88.7 Å². The Kier molecular flexibility index (Phi) is 99.2. The number of rotatable bonds is 9. The summed E-state index contributed by atoms with van der Waals surface area (Å²) in [6, 6.07) is 89.1. The van der Waals surface area contributed by atoms with Crippen LogP contribution in [0.3, 0.4) is 0 Å². The normalized spacial score (nSPS) is 9.61. The van der Waals surface area contributed by atoms with E-state index < -0.39 is 28.5 Å². The monoisotopic (exact) mass is 2030 g/mol. The molecule has 5 radical (unpaired) electrons. The van der Waals surface area contributed by atoms with Gasteiger partial charge in [0.1, 0.15) is 35.1 Å². The van der Waals surface area contributed by atoms with E-state index in [0.717, 1.165) is 39.7 Å². The number of carbonyl (C=O) groups excluding carboxylic acids is 4. The molecule has 0 aliphatic carbocycles. The molecule has 607 valence electrons. The van der Waals surface area contributed by atoms with E-state index in [-0.39, 0.29) is 242 Å². The minimum absolute atomic E-state index is 0. The maximum atomic E-state index is 12.0. The molecule has 0 amide bonds. The molecule has 0 bridgehead atoms. The van der Waals surface area contributed by atoms with Crippen molar-refractivity contribution in [2.24, 2.45) is 0 Å². The van der Waals surface area contributed by atoms with Gasteiger partial charge in [-0.05, 0) is 65.1 Å². The van der Waals surface area contributed by atoms with Crippen molar-refractivity contribution in [1.82, 2.24) is 0 Å². The average molecular weight is 2030 g/mol. The molecule has 13 rings (SSSR count). The van der Waals surface area contributed by atoms with Crippen LogP contribution in [0.5, 0.6) is 11.5 Å². The minimum atomic E-state index is -3.04. The predicted octanol–water partition coefficient (Wildman–Crippen LogP) is 23.5. The third-order valence-electron chi connectivity index (χ3n) is 13.0. The van der Waals surface area contributed by atoms with Crippen molar-refractivity contribution in [3.05, 3.63) is 388 Å². The Balaban J connectivity index is -0.000000106. The van der Waals surface area contributed by atoms with E-state index in [1.807, 2.05) is 306 Å².